The van der Waals surface area contributed by atoms with Crippen LogP contribution < -0.4 is 10.1 Å². The number of nitrogens with zero attached hydrogens (tertiary/aromatic N) is 1. The SMILES string of the molecule is Cc1nc(/C=C/C(=O)NCC2COc3ccccc3C2)cs1. The van der Waals surface area contributed by atoms with Crippen molar-refractivity contribution in [2.75, 3.05) is 13.2 Å². The van der Waals surface area contributed by atoms with Crippen molar-refractivity contribution in [1.29, 1.82) is 0 Å². The lowest BCUT2D eigenvalue weighted by Crippen LogP contribution is -2.33. The van der Waals surface area contributed by atoms with Crippen LogP contribution in [0.25, 0.3) is 6.08 Å². The molecule has 0 bridgehead atoms. The maximum Gasteiger partial charge on any atom is 0.244 e. The standard InChI is InChI=1S/C17H18N2O2S/c1-12-19-15(11-22-12)6-7-17(20)18-9-13-8-14-4-2-3-5-16(14)21-10-13/h2-7,11,13H,8-10H2,1H3,(H,18,20)/b7-6+. The smallest absolute Gasteiger partial charge is 0.244 e. The first kappa shape index (κ1) is 14.8. The quantitative estimate of drug-likeness (QED) is 0.883. The zero-order valence-electron chi connectivity index (χ0n) is 12.4. The van der Waals surface area contributed by atoms with Crippen molar-refractivity contribution in [2.45, 2.75) is 13.3 Å². The lowest BCUT2D eigenvalue weighted by Gasteiger charge is -2.25. The molecule has 5 heteroatoms. The molecule has 0 radical (unpaired) electrons. The fourth-order valence-corrected chi connectivity index (χ4v) is 3.02. The predicted molar refractivity (Wildman–Crippen MR) is 88.0 cm³/mol. The van der Waals surface area contributed by atoms with E-state index in [9.17, 15) is 4.79 Å². The van der Waals surface area contributed by atoms with Crippen LogP contribution in [-0.2, 0) is 11.2 Å². The van der Waals surface area contributed by atoms with Gasteiger partial charge in [0.2, 0.25) is 5.91 Å². The van der Waals surface area contributed by atoms with E-state index in [0.717, 1.165) is 22.9 Å². The highest BCUT2D eigenvalue weighted by Crippen LogP contribution is 2.26. The van der Waals surface area contributed by atoms with Crippen LogP contribution in [0.15, 0.2) is 35.7 Å². The predicted octanol–water partition coefficient (Wildman–Crippen LogP) is 2.83. The van der Waals surface area contributed by atoms with E-state index in [4.69, 9.17) is 4.74 Å². The van der Waals surface area contributed by atoms with Gasteiger partial charge in [0.05, 0.1) is 17.3 Å². The first-order chi connectivity index (χ1) is 10.7. The molecule has 0 saturated heterocycles. The number of rotatable bonds is 4. The number of aromatic nitrogens is 1. The van der Waals surface area contributed by atoms with Gasteiger partial charge in [-0.15, -0.1) is 11.3 Å². The average molecular weight is 314 g/mol. The largest absolute Gasteiger partial charge is 0.493 e. The third-order valence-electron chi connectivity index (χ3n) is 3.56. The molecule has 4 nitrogen and oxygen atoms in total. The third-order valence-corrected chi connectivity index (χ3v) is 4.35. The molecule has 1 aliphatic heterocycles. The van der Waals surface area contributed by atoms with Gasteiger partial charge >= 0.3 is 0 Å². The lowest BCUT2D eigenvalue weighted by atomic mass is 9.97. The van der Waals surface area contributed by atoms with Gasteiger partial charge in [0.15, 0.2) is 0 Å². The van der Waals surface area contributed by atoms with Gasteiger partial charge in [-0.05, 0) is 31.1 Å². The van der Waals surface area contributed by atoms with E-state index in [1.165, 1.54) is 11.6 Å². The molecule has 114 valence electrons. The maximum atomic E-state index is 11.8. The number of carbonyl (C=O) groups excluding carboxylic acids is 1. The number of fused-ring (bicyclic) bond motifs is 1. The Balaban J connectivity index is 1.49. The fraction of sp³-hybridized carbons (Fsp3) is 0.294. The number of hydrogen-bond donors (Lipinski definition) is 1. The number of benzene rings is 1. The Hall–Kier alpha value is -2.14. The van der Waals surface area contributed by atoms with Gasteiger partial charge in [0.25, 0.3) is 0 Å². The zero-order valence-corrected chi connectivity index (χ0v) is 13.2. The lowest BCUT2D eigenvalue weighted by molar-refractivity contribution is -0.116. The number of aryl methyl sites for hydroxylation is 1. The Bertz CT molecular complexity index is 693. The van der Waals surface area contributed by atoms with Crippen LogP contribution in [0.3, 0.4) is 0 Å². The number of carbonyl (C=O) groups is 1. The van der Waals surface area contributed by atoms with Crippen LogP contribution in [-0.4, -0.2) is 24.0 Å². The number of thiazole rings is 1. The summed E-state index contributed by atoms with van der Waals surface area (Å²) in [5.74, 6) is 1.18. The van der Waals surface area contributed by atoms with Gasteiger partial charge in [-0.2, -0.15) is 0 Å². The molecular formula is C17H18N2O2S. The van der Waals surface area contributed by atoms with E-state index in [0.29, 0.717) is 19.1 Å². The van der Waals surface area contributed by atoms with E-state index in [1.807, 2.05) is 30.5 Å². The molecule has 1 unspecified atom stereocenters. The third kappa shape index (κ3) is 3.74. The average Bonchev–Trinajstić information content (AvgIpc) is 2.96. The molecule has 1 atom stereocenters. The molecule has 2 heterocycles. The van der Waals surface area contributed by atoms with Gasteiger partial charge in [-0.3, -0.25) is 4.79 Å². The van der Waals surface area contributed by atoms with Crippen LogP contribution in [0, 0.1) is 12.8 Å². The Labute approximate surface area is 133 Å². The highest BCUT2D eigenvalue weighted by Gasteiger charge is 2.19. The van der Waals surface area contributed by atoms with Crippen molar-refractivity contribution in [3.05, 3.63) is 52.0 Å². The molecule has 1 aliphatic rings. The van der Waals surface area contributed by atoms with Crippen molar-refractivity contribution < 1.29 is 9.53 Å². The van der Waals surface area contributed by atoms with Crippen LogP contribution in [0.2, 0.25) is 0 Å². The molecule has 3 rings (SSSR count). The van der Waals surface area contributed by atoms with Gasteiger partial charge < -0.3 is 10.1 Å². The molecule has 0 fully saturated rings. The zero-order chi connectivity index (χ0) is 15.4. The van der Waals surface area contributed by atoms with Crippen molar-refractivity contribution in [3.8, 4) is 5.75 Å². The first-order valence-electron chi connectivity index (χ1n) is 7.29. The van der Waals surface area contributed by atoms with E-state index >= 15 is 0 Å². The summed E-state index contributed by atoms with van der Waals surface area (Å²) in [7, 11) is 0. The summed E-state index contributed by atoms with van der Waals surface area (Å²) in [5, 5.41) is 5.86. The summed E-state index contributed by atoms with van der Waals surface area (Å²) < 4.78 is 5.72. The molecule has 0 spiro atoms. The molecule has 1 amide bonds. The van der Waals surface area contributed by atoms with Gasteiger partial charge in [-0.25, -0.2) is 4.98 Å². The molecule has 1 N–H and O–H groups in total. The molecule has 0 saturated carbocycles. The van der Waals surface area contributed by atoms with Crippen molar-refractivity contribution in [2.24, 2.45) is 5.92 Å². The number of hydrogen-bond acceptors (Lipinski definition) is 4. The maximum absolute atomic E-state index is 11.8. The summed E-state index contributed by atoms with van der Waals surface area (Å²) in [6.07, 6.45) is 4.21. The Morgan fingerprint density at radius 2 is 2.36 bits per heavy atom. The minimum atomic E-state index is -0.0930. The Morgan fingerprint density at radius 1 is 1.50 bits per heavy atom. The monoisotopic (exact) mass is 314 g/mol. The van der Waals surface area contributed by atoms with Crippen LogP contribution in [0.5, 0.6) is 5.75 Å². The normalized spacial score (nSPS) is 17.0. The Morgan fingerprint density at radius 3 is 3.18 bits per heavy atom. The highest BCUT2D eigenvalue weighted by atomic mass is 32.1. The number of para-hydroxylation sites is 1. The molecule has 22 heavy (non-hydrogen) atoms. The van der Waals surface area contributed by atoms with E-state index in [-0.39, 0.29) is 5.91 Å². The van der Waals surface area contributed by atoms with Crippen molar-refractivity contribution in [1.82, 2.24) is 10.3 Å². The van der Waals surface area contributed by atoms with Gasteiger partial charge in [0, 0.05) is 23.9 Å². The molecule has 1 aromatic heterocycles. The van der Waals surface area contributed by atoms with Crippen molar-refractivity contribution in [3.63, 3.8) is 0 Å². The second-order valence-corrected chi connectivity index (χ2v) is 6.42. The summed E-state index contributed by atoms with van der Waals surface area (Å²) >= 11 is 1.58. The number of amides is 1. The van der Waals surface area contributed by atoms with Crippen LogP contribution in [0.4, 0.5) is 0 Å². The fourth-order valence-electron chi connectivity index (χ4n) is 2.44. The second kappa shape index (κ2) is 6.75. The number of nitrogens with one attached hydrogen (secondary N) is 1. The second-order valence-electron chi connectivity index (χ2n) is 5.36. The topological polar surface area (TPSA) is 51.2 Å². The molecular weight excluding hydrogens is 296 g/mol. The summed E-state index contributed by atoms with van der Waals surface area (Å²) in [6, 6.07) is 8.06. The van der Waals surface area contributed by atoms with Crippen LogP contribution >= 0.6 is 11.3 Å². The van der Waals surface area contributed by atoms with E-state index < -0.39 is 0 Å². The minimum absolute atomic E-state index is 0.0930. The summed E-state index contributed by atoms with van der Waals surface area (Å²) in [4.78, 5) is 16.1. The number of ether oxygens (including phenoxy) is 1. The summed E-state index contributed by atoms with van der Waals surface area (Å²) in [6.45, 7) is 3.21. The minimum Gasteiger partial charge on any atom is -0.493 e. The summed E-state index contributed by atoms with van der Waals surface area (Å²) in [5.41, 5.74) is 2.04. The van der Waals surface area contributed by atoms with E-state index in [1.54, 1.807) is 17.4 Å². The first-order valence-corrected chi connectivity index (χ1v) is 8.17. The highest BCUT2D eigenvalue weighted by molar-refractivity contribution is 7.09. The van der Waals surface area contributed by atoms with Crippen LogP contribution in [0.1, 0.15) is 16.3 Å². The van der Waals surface area contributed by atoms with E-state index in [2.05, 4.69) is 16.4 Å². The van der Waals surface area contributed by atoms with Gasteiger partial charge in [0.1, 0.15) is 5.75 Å². The molecule has 2 aromatic rings. The molecule has 0 aliphatic carbocycles. The Kier molecular flexibility index (Phi) is 4.53. The van der Waals surface area contributed by atoms with Crippen molar-refractivity contribution >= 4 is 23.3 Å². The van der Waals surface area contributed by atoms with Gasteiger partial charge in [-0.1, -0.05) is 18.2 Å². The molecule has 1 aromatic carbocycles.